The van der Waals surface area contributed by atoms with Crippen LogP contribution in [0.5, 0.6) is 0 Å². The first-order valence-corrected chi connectivity index (χ1v) is 5.42. The Balaban J connectivity index is 2.90. The molecule has 78 valence electrons. The molecule has 0 radical (unpaired) electrons. The number of aromatic nitrogens is 1. The highest BCUT2D eigenvalue weighted by molar-refractivity contribution is 9.10. The summed E-state index contributed by atoms with van der Waals surface area (Å²) in [6, 6.07) is 4.54. The van der Waals surface area contributed by atoms with Gasteiger partial charge in [0, 0.05) is 17.0 Å². The third-order valence-electron chi connectivity index (χ3n) is 2.35. The first kappa shape index (κ1) is 10.4. The van der Waals surface area contributed by atoms with Gasteiger partial charge < -0.3 is 4.98 Å². The van der Waals surface area contributed by atoms with Crippen LogP contribution in [0.3, 0.4) is 0 Å². The first-order chi connectivity index (χ1) is 7.11. The molecular formula is C11H9BrFNO. The van der Waals surface area contributed by atoms with E-state index in [1.807, 2.05) is 6.92 Å². The summed E-state index contributed by atoms with van der Waals surface area (Å²) in [6.07, 6.45) is 0.710. The molecule has 1 N–H and O–H groups in total. The molecule has 0 spiro atoms. The molecule has 0 fully saturated rings. The highest BCUT2D eigenvalue weighted by Crippen LogP contribution is 2.23. The molecule has 1 heterocycles. The number of pyridine rings is 1. The lowest BCUT2D eigenvalue weighted by atomic mass is 10.1. The molecule has 0 saturated carbocycles. The minimum Gasteiger partial charge on any atom is -0.322 e. The number of H-pyrrole nitrogens is 1. The number of nitrogens with one attached hydrogen (secondary N) is 1. The number of benzene rings is 1. The minimum absolute atomic E-state index is 0.155. The topological polar surface area (TPSA) is 32.9 Å². The van der Waals surface area contributed by atoms with Crippen LogP contribution in [0.15, 0.2) is 27.5 Å². The van der Waals surface area contributed by atoms with Crippen LogP contribution < -0.4 is 5.56 Å². The van der Waals surface area contributed by atoms with Crippen LogP contribution in [0.2, 0.25) is 0 Å². The van der Waals surface area contributed by atoms with Gasteiger partial charge in [-0.05, 0) is 40.0 Å². The van der Waals surface area contributed by atoms with Gasteiger partial charge in [0.2, 0.25) is 5.56 Å². The van der Waals surface area contributed by atoms with Crippen molar-refractivity contribution in [2.75, 3.05) is 0 Å². The Hall–Kier alpha value is -1.16. The molecule has 2 rings (SSSR count). The third-order valence-corrected chi connectivity index (χ3v) is 2.96. The molecular weight excluding hydrogens is 261 g/mol. The van der Waals surface area contributed by atoms with Crippen molar-refractivity contribution in [2.24, 2.45) is 0 Å². The van der Waals surface area contributed by atoms with Crippen LogP contribution in [0.25, 0.3) is 10.9 Å². The van der Waals surface area contributed by atoms with Gasteiger partial charge in [-0.3, -0.25) is 4.79 Å². The van der Waals surface area contributed by atoms with Crippen LogP contribution in [0.1, 0.15) is 12.5 Å². The van der Waals surface area contributed by atoms with E-state index >= 15 is 0 Å². The van der Waals surface area contributed by atoms with Gasteiger partial charge in [-0.15, -0.1) is 0 Å². The van der Waals surface area contributed by atoms with Gasteiger partial charge >= 0.3 is 0 Å². The molecule has 0 amide bonds. The minimum atomic E-state index is -0.316. The lowest BCUT2D eigenvalue weighted by Gasteiger charge is -2.04. The molecule has 0 unspecified atom stereocenters. The van der Waals surface area contributed by atoms with E-state index in [9.17, 15) is 9.18 Å². The number of aromatic amines is 1. The molecule has 0 aliphatic rings. The predicted octanol–water partition coefficient (Wildman–Crippen LogP) is 2.99. The average molecular weight is 270 g/mol. The summed E-state index contributed by atoms with van der Waals surface area (Å²) in [5.74, 6) is -0.316. The van der Waals surface area contributed by atoms with E-state index in [-0.39, 0.29) is 11.4 Å². The van der Waals surface area contributed by atoms with Crippen molar-refractivity contribution >= 4 is 26.8 Å². The van der Waals surface area contributed by atoms with Crippen LogP contribution in [-0.4, -0.2) is 4.98 Å². The molecule has 0 atom stereocenters. The number of halogens is 2. The Morgan fingerprint density at radius 2 is 2.13 bits per heavy atom. The van der Waals surface area contributed by atoms with Crippen molar-refractivity contribution in [3.05, 3.63) is 44.4 Å². The summed E-state index contributed by atoms with van der Waals surface area (Å²) in [7, 11) is 0. The number of hydrogen-bond donors (Lipinski definition) is 1. The lowest BCUT2D eigenvalue weighted by molar-refractivity contribution is 0.623. The molecule has 4 heteroatoms. The van der Waals surface area contributed by atoms with Crippen LogP contribution in [0, 0.1) is 5.82 Å². The summed E-state index contributed by atoms with van der Waals surface area (Å²) < 4.78 is 13.7. The van der Waals surface area contributed by atoms with Gasteiger partial charge in [0.15, 0.2) is 0 Å². The molecule has 2 nitrogen and oxygen atoms in total. The van der Waals surface area contributed by atoms with Crippen molar-refractivity contribution in [1.82, 2.24) is 4.98 Å². The fraction of sp³-hybridized carbons (Fsp3) is 0.182. The maximum Gasteiger partial charge on any atom is 0.248 e. The molecule has 0 aliphatic carbocycles. The van der Waals surface area contributed by atoms with E-state index in [0.717, 1.165) is 10.9 Å². The summed E-state index contributed by atoms with van der Waals surface area (Å²) in [5.41, 5.74) is 1.37. The van der Waals surface area contributed by atoms with E-state index in [4.69, 9.17) is 0 Å². The standard InChI is InChI=1S/C11H9BrFNO/c1-2-6-3-11(15)14-10-5-8(12)9(13)4-7(6)10/h3-5H,2H2,1H3,(H,14,15). The van der Waals surface area contributed by atoms with Crippen LogP contribution in [-0.2, 0) is 6.42 Å². The zero-order chi connectivity index (χ0) is 11.0. The number of aryl methyl sites for hydroxylation is 1. The Morgan fingerprint density at radius 1 is 1.40 bits per heavy atom. The lowest BCUT2D eigenvalue weighted by Crippen LogP contribution is -2.06. The zero-order valence-electron chi connectivity index (χ0n) is 8.10. The highest BCUT2D eigenvalue weighted by Gasteiger charge is 2.06. The SMILES string of the molecule is CCc1cc(=O)[nH]c2cc(Br)c(F)cc12. The van der Waals surface area contributed by atoms with E-state index in [0.29, 0.717) is 16.4 Å². The average Bonchev–Trinajstić information content (AvgIpc) is 2.19. The van der Waals surface area contributed by atoms with Gasteiger partial charge in [-0.1, -0.05) is 6.92 Å². The predicted molar refractivity (Wildman–Crippen MR) is 61.6 cm³/mol. The zero-order valence-corrected chi connectivity index (χ0v) is 9.69. The van der Waals surface area contributed by atoms with Crippen molar-refractivity contribution in [3.63, 3.8) is 0 Å². The van der Waals surface area contributed by atoms with Crippen molar-refractivity contribution in [2.45, 2.75) is 13.3 Å². The normalized spacial score (nSPS) is 10.9. The molecule has 2 aromatic rings. The molecule has 1 aromatic carbocycles. The molecule has 0 saturated heterocycles. The Kier molecular flexibility index (Phi) is 2.61. The Labute approximate surface area is 94.3 Å². The van der Waals surface area contributed by atoms with E-state index in [1.54, 1.807) is 6.07 Å². The van der Waals surface area contributed by atoms with Gasteiger partial charge in [0.1, 0.15) is 5.82 Å². The first-order valence-electron chi connectivity index (χ1n) is 4.62. The smallest absolute Gasteiger partial charge is 0.248 e. The second-order valence-electron chi connectivity index (χ2n) is 3.32. The van der Waals surface area contributed by atoms with Crippen molar-refractivity contribution in [3.8, 4) is 0 Å². The monoisotopic (exact) mass is 269 g/mol. The van der Waals surface area contributed by atoms with Gasteiger partial charge in [-0.25, -0.2) is 4.39 Å². The van der Waals surface area contributed by atoms with Gasteiger partial charge in [-0.2, -0.15) is 0 Å². The molecule has 15 heavy (non-hydrogen) atoms. The summed E-state index contributed by atoms with van der Waals surface area (Å²) in [5, 5.41) is 0.762. The van der Waals surface area contributed by atoms with E-state index in [2.05, 4.69) is 20.9 Å². The van der Waals surface area contributed by atoms with Crippen LogP contribution in [0.4, 0.5) is 4.39 Å². The Morgan fingerprint density at radius 3 is 2.80 bits per heavy atom. The fourth-order valence-corrected chi connectivity index (χ4v) is 1.96. The molecule has 0 bridgehead atoms. The highest BCUT2D eigenvalue weighted by atomic mass is 79.9. The summed E-state index contributed by atoms with van der Waals surface area (Å²) >= 11 is 3.09. The van der Waals surface area contributed by atoms with Gasteiger partial charge in [0.25, 0.3) is 0 Å². The summed E-state index contributed by atoms with van der Waals surface area (Å²) in [4.78, 5) is 14.0. The largest absolute Gasteiger partial charge is 0.322 e. The molecule has 0 aliphatic heterocycles. The quantitative estimate of drug-likeness (QED) is 0.848. The summed E-state index contributed by atoms with van der Waals surface area (Å²) in [6.45, 7) is 1.94. The van der Waals surface area contributed by atoms with Crippen molar-refractivity contribution in [1.29, 1.82) is 0 Å². The molecule has 1 aromatic heterocycles. The number of rotatable bonds is 1. The Bertz CT molecular complexity index is 577. The third kappa shape index (κ3) is 1.81. The number of hydrogen-bond acceptors (Lipinski definition) is 1. The van der Waals surface area contributed by atoms with E-state index < -0.39 is 0 Å². The van der Waals surface area contributed by atoms with Gasteiger partial charge in [0.05, 0.1) is 4.47 Å². The van der Waals surface area contributed by atoms with E-state index in [1.165, 1.54) is 12.1 Å². The fourth-order valence-electron chi connectivity index (χ4n) is 1.61. The van der Waals surface area contributed by atoms with Crippen LogP contribution >= 0.6 is 15.9 Å². The number of fused-ring (bicyclic) bond motifs is 1. The maximum atomic E-state index is 13.3. The van der Waals surface area contributed by atoms with Crippen molar-refractivity contribution < 1.29 is 4.39 Å². The second kappa shape index (κ2) is 3.77. The second-order valence-corrected chi connectivity index (χ2v) is 4.18. The maximum absolute atomic E-state index is 13.3.